The molecule has 0 radical (unpaired) electrons. The summed E-state index contributed by atoms with van der Waals surface area (Å²) < 4.78 is 27.4. The van der Waals surface area contributed by atoms with E-state index in [0.717, 1.165) is 28.9 Å². The Bertz CT molecular complexity index is 988. The van der Waals surface area contributed by atoms with E-state index in [2.05, 4.69) is 26.5 Å². The van der Waals surface area contributed by atoms with Crippen LogP contribution in [0.25, 0.3) is 0 Å². The number of benzene rings is 2. The van der Waals surface area contributed by atoms with Crippen molar-refractivity contribution in [2.75, 3.05) is 18.5 Å². The molecule has 0 atom stereocenters. The zero-order chi connectivity index (χ0) is 19.4. The Kier molecular flexibility index (Phi) is 5.88. The predicted molar refractivity (Wildman–Crippen MR) is 106 cm³/mol. The average Bonchev–Trinajstić information content (AvgIpc) is 3.19. The van der Waals surface area contributed by atoms with Gasteiger partial charge in [0.25, 0.3) is 5.69 Å². The zero-order valence-corrected chi connectivity index (χ0v) is 16.6. The molecule has 1 N–H and O–H groups in total. The van der Waals surface area contributed by atoms with E-state index in [0.29, 0.717) is 13.1 Å². The molecule has 0 amide bonds. The second kappa shape index (κ2) is 8.15. The number of hydrogen-bond donors (Lipinski definition) is 1. The number of sulfonamides is 1. The van der Waals surface area contributed by atoms with Crippen LogP contribution in [0.1, 0.15) is 18.4 Å². The highest BCUT2D eigenvalue weighted by Crippen LogP contribution is 2.30. The van der Waals surface area contributed by atoms with Gasteiger partial charge in [0.2, 0.25) is 10.0 Å². The van der Waals surface area contributed by atoms with E-state index in [4.69, 9.17) is 0 Å². The minimum absolute atomic E-state index is 0.0866. The molecule has 2 aromatic carbocycles. The van der Waals surface area contributed by atoms with Gasteiger partial charge in [-0.1, -0.05) is 34.1 Å². The lowest BCUT2D eigenvalue weighted by molar-refractivity contribution is -0.384. The predicted octanol–water partition coefficient (Wildman–Crippen LogP) is 3.59. The molecule has 2 aromatic rings. The van der Waals surface area contributed by atoms with E-state index in [1.807, 2.05) is 24.3 Å². The summed E-state index contributed by atoms with van der Waals surface area (Å²) in [7, 11) is -3.72. The molecule has 0 aromatic heterocycles. The normalized spacial score (nSPS) is 15.3. The first-order valence-corrected chi connectivity index (χ1v) is 10.4. The SMILES string of the molecule is O=[N+]([O-])c1cc(S(=O)(=O)N2CCCC2)ccc1NN=Cc1ccccc1Br. The van der Waals surface area contributed by atoms with E-state index in [9.17, 15) is 18.5 Å². The Morgan fingerprint density at radius 2 is 1.89 bits per heavy atom. The lowest BCUT2D eigenvalue weighted by Gasteiger charge is -2.15. The third kappa shape index (κ3) is 4.34. The van der Waals surface area contributed by atoms with Gasteiger partial charge in [-0.05, 0) is 31.0 Å². The van der Waals surface area contributed by atoms with Gasteiger partial charge in [0.1, 0.15) is 5.69 Å². The highest BCUT2D eigenvalue weighted by Gasteiger charge is 2.29. The molecule has 0 bridgehead atoms. The van der Waals surface area contributed by atoms with Crippen LogP contribution in [-0.2, 0) is 10.0 Å². The summed E-state index contributed by atoms with van der Waals surface area (Å²) >= 11 is 3.39. The Morgan fingerprint density at radius 3 is 2.56 bits per heavy atom. The van der Waals surface area contributed by atoms with E-state index >= 15 is 0 Å². The number of anilines is 1. The smallest absolute Gasteiger partial charge is 0.272 e. The Labute approximate surface area is 165 Å². The number of nitrogens with one attached hydrogen (secondary N) is 1. The number of hydrogen-bond acceptors (Lipinski definition) is 6. The molecule has 0 saturated carbocycles. The summed E-state index contributed by atoms with van der Waals surface area (Å²) in [6, 6.07) is 11.2. The fourth-order valence-electron chi connectivity index (χ4n) is 2.75. The van der Waals surface area contributed by atoms with Crippen LogP contribution in [0.5, 0.6) is 0 Å². The van der Waals surface area contributed by atoms with Crippen molar-refractivity contribution in [3.8, 4) is 0 Å². The standard InChI is InChI=1S/C17H17BrN4O4S/c18-15-6-2-1-5-13(15)12-19-20-16-8-7-14(11-17(16)22(23)24)27(25,26)21-9-3-4-10-21/h1-2,5-8,11-12,20H,3-4,9-10H2. The molecule has 1 heterocycles. The zero-order valence-electron chi connectivity index (χ0n) is 14.2. The average molecular weight is 453 g/mol. The fraction of sp³-hybridized carbons (Fsp3) is 0.235. The lowest BCUT2D eigenvalue weighted by atomic mass is 10.2. The maximum atomic E-state index is 12.6. The first kappa shape index (κ1) is 19.5. The summed E-state index contributed by atoms with van der Waals surface area (Å²) in [5, 5.41) is 15.4. The van der Waals surface area contributed by atoms with Gasteiger partial charge in [-0.25, -0.2) is 8.42 Å². The molecule has 1 aliphatic rings. The summed E-state index contributed by atoms with van der Waals surface area (Å²) in [6.07, 6.45) is 3.11. The van der Waals surface area contributed by atoms with Gasteiger partial charge in [-0.2, -0.15) is 9.41 Å². The summed E-state index contributed by atoms with van der Waals surface area (Å²) in [5.41, 5.74) is 3.18. The van der Waals surface area contributed by atoms with Gasteiger partial charge >= 0.3 is 0 Å². The Hall–Kier alpha value is -2.30. The van der Waals surface area contributed by atoms with E-state index in [-0.39, 0.29) is 16.3 Å². The van der Waals surface area contributed by atoms with Crippen LogP contribution in [0.15, 0.2) is 56.9 Å². The number of rotatable bonds is 6. The number of hydrazone groups is 1. The van der Waals surface area contributed by atoms with Gasteiger partial charge in [-0.3, -0.25) is 15.5 Å². The number of nitrogens with zero attached hydrogens (tertiary/aromatic N) is 3. The van der Waals surface area contributed by atoms with Crippen molar-refractivity contribution in [3.63, 3.8) is 0 Å². The van der Waals surface area contributed by atoms with Crippen LogP contribution < -0.4 is 5.43 Å². The molecule has 1 saturated heterocycles. The van der Waals surface area contributed by atoms with Crippen molar-refractivity contribution in [2.24, 2.45) is 5.10 Å². The molecule has 27 heavy (non-hydrogen) atoms. The van der Waals surface area contributed by atoms with Gasteiger partial charge in [0.15, 0.2) is 0 Å². The summed E-state index contributed by atoms with van der Waals surface area (Å²) in [4.78, 5) is 10.7. The molecule has 3 rings (SSSR count). The third-order valence-corrected chi connectivity index (χ3v) is 6.78. The van der Waals surface area contributed by atoms with Crippen LogP contribution >= 0.6 is 15.9 Å². The minimum Gasteiger partial charge on any atom is -0.272 e. The van der Waals surface area contributed by atoms with Gasteiger partial charge < -0.3 is 0 Å². The lowest BCUT2D eigenvalue weighted by Crippen LogP contribution is -2.27. The van der Waals surface area contributed by atoms with Crippen LogP contribution in [0.2, 0.25) is 0 Å². The van der Waals surface area contributed by atoms with Crippen LogP contribution in [-0.4, -0.2) is 37.0 Å². The fourth-order valence-corrected chi connectivity index (χ4v) is 4.67. The van der Waals surface area contributed by atoms with Crippen LogP contribution in [0.4, 0.5) is 11.4 Å². The van der Waals surface area contributed by atoms with E-state index in [1.54, 1.807) is 0 Å². The molecular formula is C17H17BrN4O4S. The Morgan fingerprint density at radius 1 is 1.19 bits per heavy atom. The quantitative estimate of drug-likeness (QED) is 0.409. The van der Waals surface area contributed by atoms with Crippen LogP contribution in [0.3, 0.4) is 0 Å². The third-order valence-electron chi connectivity index (χ3n) is 4.16. The van der Waals surface area contributed by atoms with Crippen molar-refractivity contribution < 1.29 is 13.3 Å². The van der Waals surface area contributed by atoms with Crippen molar-refractivity contribution in [2.45, 2.75) is 17.7 Å². The van der Waals surface area contributed by atoms with Gasteiger partial charge in [-0.15, -0.1) is 0 Å². The number of halogens is 1. The minimum atomic E-state index is -3.72. The van der Waals surface area contributed by atoms with Crippen molar-refractivity contribution in [3.05, 3.63) is 62.6 Å². The summed E-state index contributed by atoms with van der Waals surface area (Å²) in [5.74, 6) is 0. The number of nitro groups is 1. The maximum Gasteiger partial charge on any atom is 0.295 e. The highest BCUT2D eigenvalue weighted by molar-refractivity contribution is 9.10. The monoisotopic (exact) mass is 452 g/mol. The Balaban J connectivity index is 1.86. The molecule has 0 aliphatic carbocycles. The molecular weight excluding hydrogens is 436 g/mol. The topological polar surface area (TPSA) is 105 Å². The first-order chi connectivity index (χ1) is 12.9. The van der Waals surface area contributed by atoms with Crippen LogP contribution in [0, 0.1) is 10.1 Å². The maximum absolute atomic E-state index is 12.6. The van der Waals surface area contributed by atoms with Crippen molar-refractivity contribution in [1.82, 2.24) is 4.31 Å². The molecule has 0 unspecified atom stereocenters. The van der Waals surface area contributed by atoms with Gasteiger partial charge in [0.05, 0.1) is 16.0 Å². The van der Waals surface area contributed by atoms with Crippen molar-refractivity contribution in [1.29, 1.82) is 0 Å². The second-order valence-corrected chi connectivity index (χ2v) is 8.73. The molecule has 8 nitrogen and oxygen atoms in total. The largest absolute Gasteiger partial charge is 0.295 e. The molecule has 1 aliphatic heterocycles. The highest BCUT2D eigenvalue weighted by atomic mass is 79.9. The van der Waals surface area contributed by atoms with Crippen molar-refractivity contribution >= 4 is 43.5 Å². The molecule has 142 valence electrons. The molecule has 0 spiro atoms. The van der Waals surface area contributed by atoms with E-state index < -0.39 is 14.9 Å². The molecule has 10 heteroatoms. The number of nitro benzene ring substituents is 1. The second-order valence-electron chi connectivity index (χ2n) is 5.94. The molecule has 1 fully saturated rings. The summed E-state index contributed by atoms with van der Waals surface area (Å²) in [6.45, 7) is 0.874. The van der Waals surface area contributed by atoms with Gasteiger partial charge in [0, 0.05) is 29.2 Å². The van der Waals surface area contributed by atoms with E-state index in [1.165, 1.54) is 22.7 Å². The first-order valence-electron chi connectivity index (χ1n) is 8.22.